The summed E-state index contributed by atoms with van der Waals surface area (Å²) in [7, 11) is 3.95. The summed E-state index contributed by atoms with van der Waals surface area (Å²) in [6.07, 6.45) is 3.93. The second kappa shape index (κ2) is 8.21. The minimum Gasteiger partial charge on any atom is -0.345 e. The predicted octanol–water partition coefficient (Wildman–Crippen LogP) is 2.62. The van der Waals surface area contributed by atoms with Gasteiger partial charge in [0.2, 0.25) is 11.8 Å². The molecule has 2 aliphatic rings. The highest BCUT2D eigenvalue weighted by Crippen LogP contribution is 2.27. The van der Waals surface area contributed by atoms with Crippen LogP contribution in [0.4, 0.5) is 5.69 Å². The molecule has 2 saturated heterocycles. The highest BCUT2D eigenvalue weighted by Gasteiger charge is 2.32. The molecule has 0 spiro atoms. The van der Waals surface area contributed by atoms with Gasteiger partial charge in [0.1, 0.15) is 0 Å². The Hall–Kier alpha value is -1.88. The van der Waals surface area contributed by atoms with Gasteiger partial charge in [0.25, 0.3) is 0 Å². The Morgan fingerprint density at radius 1 is 1.19 bits per heavy atom. The van der Waals surface area contributed by atoms with E-state index < -0.39 is 0 Å². The molecule has 5 nitrogen and oxygen atoms in total. The molecule has 2 aliphatic heterocycles. The van der Waals surface area contributed by atoms with Gasteiger partial charge in [-0.15, -0.1) is 0 Å². The number of aryl methyl sites for hydroxylation is 1. The van der Waals surface area contributed by atoms with Gasteiger partial charge in [-0.2, -0.15) is 0 Å². The maximum Gasteiger partial charge on any atom is 0.229 e. The molecule has 0 radical (unpaired) electrons. The van der Waals surface area contributed by atoms with Crippen LogP contribution in [0.15, 0.2) is 24.3 Å². The average Bonchev–Trinajstić information content (AvgIpc) is 2.95. The molecule has 3 rings (SSSR count). The minimum atomic E-state index is -0.238. The molecule has 1 N–H and O–H groups in total. The molecule has 142 valence electrons. The average molecular weight is 357 g/mol. The van der Waals surface area contributed by atoms with Crippen molar-refractivity contribution < 1.29 is 9.59 Å². The summed E-state index contributed by atoms with van der Waals surface area (Å²) in [5.41, 5.74) is 2.14. The van der Waals surface area contributed by atoms with E-state index in [9.17, 15) is 9.59 Å². The molecule has 2 fully saturated rings. The maximum atomic E-state index is 12.3. The zero-order valence-corrected chi connectivity index (χ0v) is 16.2. The number of carbonyl (C=O) groups excluding carboxylic acids is 2. The third-order valence-corrected chi connectivity index (χ3v) is 6.02. The number of rotatable bonds is 5. The van der Waals surface area contributed by atoms with Crippen LogP contribution < -0.4 is 5.32 Å². The zero-order chi connectivity index (χ0) is 18.7. The van der Waals surface area contributed by atoms with Crippen LogP contribution >= 0.6 is 0 Å². The second-order valence-corrected chi connectivity index (χ2v) is 8.19. The van der Waals surface area contributed by atoms with Crippen molar-refractivity contribution in [3.8, 4) is 0 Å². The minimum absolute atomic E-state index is 0.0450. The number of benzene rings is 1. The van der Waals surface area contributed by atoms with Crippen molar-refractivity contribution in [2.75, 3.05) is 39.0 Å². The summed E-state index contributed by atoms with van der Waals surface area (Å²) in [6, 6.07) is 8.18. The van der Waals surface area contributed by atoms with E-state index in [-0.39, 0.29) is 17.7 Å². The summed E-state index contributed by atoms with van der Waals surface area (Å²) >= 11 is 0. The van der Waals surface area contributed by atoms with Crippen LogP contribution in [0, 0.1) is 17.8 Å². The van der Waals surface area contributed by atoms with Crippen LogP contribution in [-0.2, 0) is 16.0 Å². The first-order valence-electron chi connectivity index (χ1n) is 9.74. The summed E-state index contributed by atoms with van der Waals surface area (Å²) < 4.78 is 0. The van der Waals surface area contributed by atoms with Crippen molar-refractivity contribution in [3.63, 3.8) is 0 Å². The molecule has 0 aliphatic carbocycles. The van der Waals surface area contributed by atoms with Crippen LogP contribution in [0.2, 0.25) is 0 Å². The normalized spacial score (nSPS) is 27.0. The molecule has 2 heterocycles. The smallest absolute Gasteiger partial charge is 0.229 e. The first kappa shape index (κ1) is 18.9. The van der Waals surface area contributed by atoms with E-state index in [0.717, 1.165) is 23.9 Å². The summed E-state index contributed by atoms with van der Waals surface area (Å²) in [6.45, 7) is 5.29. The lowest BCUT2D eigenvalue weighted by atomic mass is 9.83. The zero-order valence-electron chi connectivity index (χ0n) is 16.2. The quantitative estimate of drug-likeness (QED) is 0.881. The van der Waals surface area contributed by atoms with Crippen molar-refractivity contribution in [1.82, 2.24) is 9.80 Å². The largest absolute Gasteiger partial charge is 0.345 e. The van der Waals surface area contributed by atoms with Gasteiger partial charge >= 0.3 is 0 Å². The number of carbonyl (C=O) groups is 2. The molecule has 1 aromatic rings. The van der Waals surface area contributed by atoms with E-state index in [0.29, 0.717) is 13.0 Å². The lowest BCUT2D eigenvalue weighted by Crippen LogP contribution is -2.36. The van der Waals surface area contributed by atoms with Crippen LogP contribution in [0.25, 0.3) is 0 Å². The van der Waals surface area contributed by atoms with Crippen molar-refractivity contribution in [1.29, 1.82) is 0 Å². The lowest BCUT2D eigenvalue weighted by molar-refractivity contribution is -0.127. The van der Waals surface area contributed by atoms with Crippen molar-refractivity contribution in [2.24, 2.45) is 17.8 Å². The number of anilines is 1. The number of piperidine rings is 1. The molecular formula is C21H31N3O2. The standard InChI is InChI=1S/C21H31N3O2/c1-15-13-23(2)11-10-17(15)7-4-16-5-8-19(9-6-16)22-21(26)18-12-20(25)24(3)14-18/h5-6,8-9,15,17-18H,4,7,10-14H2,1-3H3,(H,22,26)/t15-,17+,18+/m1/s1. The molecule has 0 bridgehead atoms. The molecule has 0 unspecified atom stereocenters. The van der Waals surface area contributed by atoms with Crippen LogP contribution in [0.5, 0.6) is 0 Å². The number of amides is 2. The Bertz CT molecular complexity index is 643. The van der Waals surface area contributed by atoms with E-state index in [2.05, 4.69) is 36.3 Å². The van der Waals surface area contributed by atoms with E-state index >= 15 is 0 Å². The van der Waals surface area contributed by atoms with Gasteiger partial charge < -0.3 is 15.1 Å². The second-order valence-electron chi connectivity index (χ2n) is 8.19. The molecular weight excluding hydrogens is 326 g/mol. The van der Waals surface area contributed by atoms with Gasteiger partial charge in [0, 0.05) is 32.2 Å². The third-order valence-electron chi connectivity index (χ3n) is 6.02. The fourth-order valence-corrected chi connectivity index (χ4v) is 4.22. The molecule has 3 atom stereocenters. The molecule has 0 saturated carbocycles. The summed E-state index contributed by atoms with van der Waals surface area (Å²) in [5.74, 6) is 1.32. The lowest BCUT2D eigenvalue weighted by Gasteiger charge is -2.34. The Labute approximate surface area is 156 Å². The highest BCUT2D eigenvalue weighted by atomic mass is 16.2. The number of hydrogen-bond acceptors (Lipinski definition) is 3. The van der Waals surface area contributed by atoms with Gasteiger partial charge in [-0.05, 0) is 62.4 Å². The molecule has 0 aromatic heterocycles. The number of hydrogen-bond donors (Lipinski definition) is 1. The third kappa shape index (κ3) is 4.64. The van der Waals surface area contributed by atoms with Crippen molar-refractivity contribution in [2.45, 2.75) is 32.6 Å². The van der Waals surface area contributed by atoms with Gasteiger partial charge in [0.05, 0.1) is 5.92 Å². The Morgan fingerprint density at radius 3 is 2.54 bits per heavy atom. The van der Waals surface area contributed by atoms with Gasteiger partial charge in [0.15, 0.2) is 0 Å². The Morgan fingerprint density at radius 2 is 1.92 bits per heavy atom. The van der Waals surface area contributed by atoms with Crippen LogP contribution in [0.3, 0.4) is 0 Å². The monoisotopic (exact) mass is 357 g/mol. The summed E-state index contributed by atoms with van der Waals surface area (Å²) in [5, 5.41) is 2.95. The highest BCUT2D eigenvalue weighted by molar-refractivity contribution is 5.97. The molecule has 2 amide bonds. The summed E-state index contributed by atoms with van der Waals surface area (Å²) in [4.78, 5) is 27.9. The fourth-order valence-electron chi connectivity index (χ4n) is 4.22. The van der Waals surface area contributed by atoms with Gasteiger partial charge in [-0.1, -0.05) is 19.1 Å². The Kier molecular flexibility index (Phi) is 5.97. The van der Waals surface area contributed by atoms with E-state index in [4.69, 9.17) is 0 Å². The number of nitrogens with one attached hydrogen (secondary N) is 1. The molecule has 5 heteroatoms. The number of nitrogens with zero attached hydrogens (tertiary/aromatic N) is 2. The van der Waals surface area contributed by atoms with E-state index in [1.807, 2.05) is 12.1 Å². The molecule has 1 aromatic carbocycles. The van der Waals surface area contributed by atoms with E-state index in [1.165, 1.54) is 31.5 Å². The predicted molar refractivity (Wildman–Crippen MR) is 104 cm³/mol. The van der Waals surface area contributed by atoms with E-state index in [1.54, 1.807) is 11.9 Å². The van der Waals surface area contributed by atoms with Crippen molar-refractivity contribution >= 4 is 17.5 Å². The fraction of sp³-hybridized carbons (Fsp3) is 0.619. The SMILES string of the molecule is C[C@@H]1CN(C)CC[C@@H]1CCc1ccc(NC(=O)[C@H]2CC(=O)N(C)C2)cc1. The molecule has 26 heavy (non-hydrogen) atoms. The maximum absolute atomic E-state index is 12.3. The van der Waals surface area contributed by atoms with Gasteiger partial charge in [-0.25, -0.2) is 0 Å². The van der Waals surface area contributed by atoms with Gasteiger partial charge in [-0.3, -0.25) is 9.59 Å². The first-order chi connectivity index (χ1) is 12.4. The topological polar surface area (TPSA) is 52.7 Å². The first-order valence-corrected chi connectivity index (χ1v) is 9.74. The van der Waals surface area contributed by atoms with Crippen molar-refractivity contribution in [3.05, 3.63) is 29.8 Å². The van der Waals surface area contributed by atoms with Crippen LogP contribution in [0.1, 0.15) is 31.7 Å². The Balaban J connectivity index is 1.47. The number of likely N-dealkylation sites (tertiary alicyclic amines) is 2. The van der Waals surface area contributed by atoms with Crippen LogP contribution in [-0.4, -0.2) is 55.3 Å².